The molecule has 0 aromatic heterocycles. The van der Waals surface area contributed by atoms with E-state index in [0.29, 0.717) is 25.0 Å². The standard InChI is InChI=1S/C15H25NO3/c17-14(11-12-5-1-2-6-12)16-8-4-3-7-13(16)15-18-9-10-19-15/h12-13,15H,1-11H2. The van der Waals surface area contributed by atoms with Gasteiger partial charge in [0.2, 0.25) is 5.91 Å². The SMILES string of the molecule is O=C(CC1CCCC1)N1CCCCC1C1OCCO1. The van der Waals surface area contributed by atoms with E-state index in [1.165, 1.54) is 32.1 Å². The Morgan fingerprint density at radius 1 is 1.00 bits per heavy atom. The van der Waals surface area contributed by atoms with Gasteiger partial charge in [-0.2, -0.15) is 0 Å². The molecule has 1 saturated carbocycles. The molecule has 1 amide bonds. The Labute approximate surface area is 115 Å². The van der Waals surface area contributed by atoms with Crippen molar-refractivity contribution < 1.29 is 14.3 Å². The highest BCUT2D eigenvalue weighted by Gasteiger charge is 2.36. The van der Waals surface area contributed by atoms with E-state index in [0.717, 1.165) is 25.8 Å². The molecular weight excluding hydrogens is 242 g/mol. The molecule has 2 saturated heterocycles. The Kier molecular flexibility index (Phi) is 4.38. The van der Waals surface area contributed by atoms with E-state index < -0.39 is 0 Å². The Hall–Kier alpha value is -0.610. The summed E-state index contributed by atoms with van der Waals surface area (Å²) in [6.07, 6.45) is 8.98. The molecule has 0 radical (unpaired) electrons. The summed E-state index contributed by atoms with van der Waals surface area (Å²) in [7, 11) is 0. The van der Waals surface area contributed by atoms with E-state index in [9.17, 15) is 4.79 Å². The van der Waals surface area contributed by atoms with Crippen molar-refractivity contribution in [3.63, 3.8) is 0 Å². The van der Waals surface area contributed by atoms with Crippen LogP contribution in [0.25, 0.3) is 0 Å². The first-order chi connectivity index (χ1) is 9.34. The number of likely N-dealkylation sites (tertiary alicyclic amines) is 1. The van der Waals surface area contributed by atoms with Crippen LogP contribution in [0.5, 0.6) is 0 Å². The molecule has 1 unspecified atom stereocenters. The highest BCUT2D eigenvalue weighted by atomic mass is 16.7. The third-order valence-electron chi connectivity index (χ3n) is 4.77. The molecule has 2 aliphatic heterocycles. The van der Waals surface area contributed by atoms with Crippen LogP contribution in [0.1, 0.15) is 51.4 Å². The summed E-state index contributed by atoms with van der Waals surface area (Å²) < 4.78 is 11.3. The first kappa shape index (κ1) is 13.4. The van der Waals surface area contributed by atoms with E-state index in [-0.39, 0.29) is 12.3 Å². The average molecular weight is 267 g/mol. The van der Waals surface area contributed by atoms with Gasteiger partial charge in [-0.3, -0.25) is 4.79 Å². The van der Waals surface area contributed by atoms with Gasteiger partial charge >= 0.3 is 0 Å². The molecule has 4 heteroatoms. The van der Waals surface area contributed by atoms with E-state index >= 15 is 0 Å². The molecule has 3 fully saturated rings. The van der Waals surface area contributed by atoms with Gasteiger partial charge in [-0.05, 0) is 38.0 Å². The zero-order valence-corrected chi connectivity index (χ0v) is 11.7. The predicted molar refractivity (Wildman–Crippen MR) is 71.6 cm³/mol. The fourth-order valence-corrected chi connectivity index (χ4v) is 3.73. The van der Waals surface area contributed by atoms with Crippen LogP contribution in [0.4, 0.5) is 0 Å². The minimum atomic E-state index is -0.173. The summed E-state index contributed by atoms with van der Waals surface area (Å²) >= 11 is 0. The average Bonchev–Trinajstić information content (AvgIpc) is 3.11. The molecule has 108 valence electrons. The molecule has 3 aliphatic rings. The van der Waals surface area contributed by atoms with Gasteiger partial charge < -0.3 is 14.4 Å². The number of carbonyl (C=O) groups is 1. The molecule has 0 spiro atoms. The summed E-state index contributed by atoms with van der Waals surface area (Å²) in [4.78, 5) is 14.6. The Balaban J connectivity index is 1.60. The maximum absolute atomic E-state index is 12.5. The van der Waals surface area contributed by atoms with Crippen LogP contribution in [0.3, 0.4) is 0 Å². The number of carbonyl (C=O) groups excluding carboxylic acids is 1. The van der Waals surface area contributed by atoms with E-state index in [1.54, 1.807) is 0 Å². The molecular formula is C15H25NO3. The fraction of sp³-hybridized carbons (Fsp3) is 0.933. The van der Waals surface area contributed by atoms with Gasteiger partial charge in [-0.15, -0.1) is 0 Å². The topological polar surface area (TPSA) is 38.8 Å². The summed E-state index contributed by atoms with van der Waals surface area (Å²) in [5.41, 5.74) is 0. The normalized spacial score (nSPS) is 30.1. The lowest BCUT2D eigenvalue weighted by molar-refractivity contribution is -0.151. The van der Waals surface area contributed by atoms with Crippen molar-refractivity contribution in [2.45, 2.75) is 63.7 Å². The second-order valence-electron chi connectivity index (χ2n) is 6.11. The number of nitrogens with zero attached hydrogens (tertiary/aromatic N) is 1. The lowest BCUT2D eigenvalue weighted by Crippen LogP contribution is -2.50. The molecule has 1 atom stereocenters. The number of piperidine rings is 1. The van der Waals surface area contributed by atoms with Gasteiger partial charge in [0.15, 0.2) is 6.29 Å². The lowest BCUT2D eigenvalue weighted by atomic mass is 9.98. The molecule has 0 bridgehead atoms. The van der Waals surface area contributed by atoms with Gasteiger partial charge in [-0.25, -0.2) is 0 Å². The summed E-state index contributed by atoms with van der Waals surface area (Å²) in [6, 6.07) is 0.158. The Morgan fingerprint density at radius 2 is 1.68 bits per heavy atom. The van der Waals surface area contributed by atoms with E-state index in [1.807, 2.05) is 0 Å². The number of ether oxygens (including phenoxy) is 2. The highest BCUT2D eigenvalue weighted by Crippen LogP contribution is 2.30. The molecule has 0 aromatic rings. The quantitative estimate of drug-likeness (QED) is 0.787. The first-order valence-corrected chi connectivity index (χ1v) is 7.87. The van der Waals surface area contributed by atoms with Crippen molar-refractivity contribution in [3.8, 4) is 0 Å². The van der Waals surface area contributed by atoms with Crippen LogP contribution in [-0.2, 0) is 14.3 Å². The second-order valence-corrected chi connectivity index (χ2v) is 6.11. The third kappa shape index (κ3) is 3.11. The Morgan fingerprint density at radius 3 is 2.42 bits per heavy atom. The Bertz CT molecular complexity index is 309. The minimum Gasteiger partial charge on any atom is -0.348 e. The molecule has 2 heterocycles. The van der Waals surface area contributed by atoms with Crippen LogP contribution < -0.4 is 0 Å². The van der Waals surface area contributed by atoms with Crippen molar-refractivity contribution in [2.75, 3.05) is 19.8 Å². The van der Waals surface area contributed by atoms with Gasteiger partial charge in [0.25, 0.3) is 0 Å². The van der Waals surface area contributed by atoms with Crippen LogP contribution in [0.2, 0.25) is 0 Å². The van der Waals surface area contributed by atoms with Crippen molar-refractivity contribution in [1.29, 1.82) is 0 Å². The molecule has 3 rings (SSSR count). The first-order valence-electron chi connectivity index (χ1n) is 7.87. The molecule has 0 N–H and O–H groups in total. The number of hydrogen-bond donors (Lipinski definition) is 0. The monoisotopic (exact) mass is 267 g/mol. The van der Waals surface area contributed by atoms with Crippen LogP contribution in [0.15, 0.2) is 0 Å². The largest absolute Gasteiger partial charge is 0.348 e. The summed E-state index contributed by atoms with van der Waals surface area (Å²) in [5.74, 6) is 0.955. The van der Waals surface area contributed by atoms with Gasteiger partial charge in [-0.1, -0.05) is 12.8 Å². The smallest absolute Gasteiger partial charge is 0.223 e. The molecule has 19 heavy (non-hydrogen) atoms. The molecule has 1 aliphatic carbocycles. The van der Waals surface area contributed by atoms with Crippen LogP contribution in [-0.4, -0.2) is 42.9 Å². The van der Waals surface area contributed by atoms with Crippen molar-refractivity contribution in [1.82, 2.24) is 4.90 Å². The highest BCUT2D eigenvalue weighted by molar-refractivity contribution is 5.77. The number of hydrogen-bond acceptors (Lipinski definition) is 3. The van der Waals surface area contributed by atoms with Crippen molar-refractivity contribution in [2.24, 2.45) is 5.92 Å². The zero-order chi connectivity index (χ0) is 13.1. The second kappa shape index (κ2) is 6.23. The van der Waals surface area contributed by atoms with Crippen LogP contribution >= 0.6 is 0 Å². The number of rotatable bonds is 3. The third-order valence-corrected chi connectivity index (χ3v) is 4.77. The van der Waals surface area contributed by atoms with Gasteiger partial charge in [0, 0.05) is 13.0 Å². The predicted octanol–water partition coefficient (Wildman–Crippen LogP) is 2.32. The maximum atomic E-state index is 12.5. The van der Waals surface area contributed by atoms with Gasteiger partial charge in [0.05, 0.1) is 19.3 Å². The van der Waals surface area contributed by atoms with Crippen molar-refractivity contribution in [3.05, 3.63) is 0 Å². The van der Waals surface area contributed by atoms with E-state index in [4.69, 9.17) is 9.47 Å². The van der Waals surface area contributed by atoms with Crippen molar-refractivity contribution >= 4 is 5.91 Å². The minimum absolute atomic E-state index is 0.158. The molecule has 0 aromatic carbocycles. The summed E-state index contributed by atoms with van der Waals surface area (Å²) in [6.45, 7) is 2.23. The lowest BCUT2D eigenvalue weighted by Gasteiger charge is -2.38. The zero-order valence-electron chi connectivity index (χ0n) is 11.7. The number of amides is 1. The maximum Gasteiger partial charge on any atom is 0.223 e. The van der Waals surface area contributed by atoms with Gasteiger partial charge in [0.1, 0.15) is 0 Å². The summed E-state index contributed by atoms with van der Waals surface area (Å²) in [5, 5.41) is 0. The fourth-order valence-electron chi connectivity index (χ4n) is 3.73. The molecule has 4 nitrogen and oxygen atoms in total. The van der Waals surface area contributed by atoms with E-state index in [2.05, 4.69) is 4.90 Å². The van der Waals surface area contributed by atoms with Crippen LogP contribution in [0, 0.1) is 5.92 Å².